The second-order valence-electron chi connectivity index (χ2n) is 4.53. The molecule has 3 nitrogen and oxygen atoms in total. The van der Waals surface area contributed by atoms with Gasteiger partial charge in [0.15, 0.2) is 5.78 Å². The Bertz CT molecular complexity index is 433. The molecule has 1 aromatic rings. The number of carbonyl (C=O) groups excluding carboxylic acids is 1. The molecule has 1 aliphatic rings. The minimum absolute atomic E-state index is 0.0581. The van der Waals surface area contributed by atoms with E-state index in [4.69, 9.17) is 0 Å². The summed E-state index contributed by atoms with van der Waals surface area (Å²) in [4.78, 5) is 14.3. The number of likely N-dealkylation sites (N-methyl/N-ethyl adjacent to an activating group) is 1. The average molecular weight is 236 g/mol. The van der Waals surface area contributed by atoms with Gasteiger partial charge in [-0.15, -0.1) is 0 Å². The van der Waals surface area contributed by atoms with Crippen molar-refractivity contribution in [3.63, 3.8) is 0 Å². The molecule has 0 spiro atoms. The molecule has 92 valence electrons. The molecule has 0 amide bonds. The van der Waals surface area contributed by atoms with Crippen LogP contribution in [0.3, 0.4) is 0 Å². The van der Waals surface area contributed by atoms with Gasteiger partial charge in [0.25, 0.3) is 0 Å². The van der Waals surface area contributed by atoms with Gasteiger partial charge in [0.2, 0.25) is 0 Å². The number of aryl methyl sites for hydroxylation is 1. The molecular weight excluding hydrogens is 219 g/mol. The summed E-state index contributed by atoms with van der Waals surface area (Å²) < 4.78 is 13.1. The molecule has 1 unspecified atom stereocenters. The molecule has 1 fully saturated rings. The van der Waals surface area contributed by atoms with Crippen molar-refractivity contribution in [3.05, 3.63) is 35.1 Å². The Hall–Kier alpha value is -1.26. The summed E-state index contributed by atoms with van der Waals surface area (Å²) in [6, 6.07) is 4.40. The molecule has 2 rings (SSSR count). The average Bonchev–Trinajstić information content (AvgIpc) is 2.32. The van der Waals surface area contributed by atoms with E-state index in [9.17, 15) is 9.18 Å². The van der Waals surface area contributed by atoms with Gasteiger partial charge in [-0.3, -0.25) is 9.69 Å². The summed E-state index contributed by atoms with van der Waals surface area (Å²) in [5, 5.41) is 3.21. The van der Waals surface area contributed by atoms with Crippen molar-refractivity contribution in [2.45, 2.75) is 13.0 Å². The summed E-state index contributed by atoms with van der Waals surface area (Å²) in [6.07, 6.45) is 0. The van der Waals surface area contributed by atoms with Crippen molar-refractivity contribution < 1.29 is 9.18 Å². The van der Waals surface area contributed by atoms with E-state index in [0.29, 0.717) is 17.7 Å². The van der Waals surface area contributed by atoms with E-state index in [1.165, 1.54) is 6.07 Å². The molecule has 1 atom stereocenters. The van der Waals surface area contributed by atoms with Crippen molar-refractivity contribution in [1.29, 1.82) is 0 Å². The lowest BCUT2D eigenvalue weighted by atomic mass is 10.00. The Morgan fingerprint density at radius 2 is 2.29 bits per heavy atom. The number of carbonyl (C=O) groups is 1. The van der Waals surface area contributed by atoms with E-state index < -0.39 is 0 Å². The zero-order valence-electron chi connectivity index (χ0n) is 10.2. The minimum atomic E-state index is -0.267. The summed E-state index contributed by atoms with van der Waals surface area (Å²) in [6.45, 7) is 4.10. The maximum Gasteiger partial charge on any atom is 0.181 e. The molecule has 0 aromatic heterocycles. The van der Waals surface area contributed by atoms with Gasteiger partial charge >= 0.3 is 0 Å². The van der Waals surface area contributed by atoms with E-state index in [0.717, 1.165) is 13.1 Å². The molecule has 0 saturated carbocycles. The van der Waals surface area contributed by atoms with Crippen molar-refractivity contribution in [3.8, 4) is 0 Å². The van der Waals surface area contributed by atoms with Crippen molar-refractivity contribution in [1.82, 2.24) is 10.2 Å². The van der Waals surface area contributed by atoms with Crippen molar-refractivity contribution in [2.24, 2.45) is 0 Å². The van der Waals surface area contributed by atoms with E-state index in [1.807, 2.05) is 11.9 Å². The normalized spacial score (nSPS) is 21.5. The number of benzene rings is 1. The predicted molar refractivity (Wildman–Crippen MR) is 64.8 cm³/mol. The van der Waals surface area contributed by atoms with Gasteiger partial charge < -0.3 is 5.32 Å². The molecule has 0 bridgehead atoms. The highest BCUT2D eigenvalue weighted by atomic mass is 19.1. The number of nitrogens with one attached hydrogen (secondary N) is 1. The van der Waals surface area contributed by atoms with Gasteiger partial charge in [0.05, 0.1) is 6.04 Å². The smallest absolute Gasteiger partial charge is 0.181 e. The summed E-state index contributed by atoms with van der Waals surface area (Å²) in [7, 11) is 1.94. The maximum absolute atomic E-state index is 13.1. The van der Waals surface area contributed by atoms with Crippen LogP contribution in [0.5, 0.6) is 0 Å². The lowest BCUT2D eigenvalue weighted by Gasteiger charge is -2.31. The van der Waals surface area contributed by atoms with Crippen molar-refractivity contribution >= 4 is 5.78 Å². The van der Waals surface area contributed by atoms with Crippen LogP contribution in [0.25, 0.3) is 0 Å². The fourth-order valence-corrected chi connectivity index (χ4v) is 2.09. The first-order valence-corrected chi connectivity index (χ1v) is 5.81. The highest BCUT2D eigenvalue weighted by Gasteiger charge is 2.26. The van der Waals surface area contributed by atoms with Crippen LogP contribution in [0.1, 0.15) is 15.9 Å². The van der Waals surface area contributed by atoms with E-state index in [-0.39, 0.29) is 17.6 Å². The molecular formula is C13H17FN2O. The Kier molecular flexibility index (Phi) is 3.54. The number of piperazine rings is 1. The Morgan fingerprint density at radius 1 is 1.53 bits per heavy atom. The standard InChI is InChI=1S/C13H17FN2O/c1-9-7-10(3-4-11(9)14)13(17)12-8-15-5-6-16(12)2/h3-4,7,12,15H,5-6,8H2,1-2H3. The second-order valence-corrected chi connectivity index (χ2v) is 4.53. The molecule has 1 saturated heterocycles. The zero-order valence-corrected chi connectivity index (χ0v) is 10.2. The Labute approximate surface area is 101 Å². The van der Waals surface area contributed by atoms with Gasteiger partial charge in [-0.25, -0.2) is 4.39 Å². The topological polar surface area (TPSA) is 32.3 Å². The lowest BCUT2D eigenvalue weighted by Crippen LogP contribution is -2.53. The fraction of sp³-hybridized carbons (Fsp3) is 0.462. The molecule has 1 N–H and O–H groups in total. The molecule has 0 aliphatic carbocycles. The first kappa shape index (κ1) is 12.2. The lowest BCUT2D eigenvalue weighted by molar-refractivity contribution is 0.0819. The Morgan fingerprint density at radius 3 is 2.94 bits per heavy atom. The first-order valence-electron chi connectivity index (χ1n) is 5.81. The number of rotatable bonds is 2. The van der Waals surface area contributed by atoms with Crippen molar-refractivity contribution in [2.75, 3.05) is 26.7 Å². The molecule has 1 aliphatic heterocycles. The summed E-state index contributed by atoms with van der Waals surface area (Å²) in [5.41, 5.74) is 1.10. The van der Waals surface area contributed by atoms with Gasteiger partial charge in [0, 0.05) is 25.2 Å². The molecule has 17 heavy (non-hydrogen) atoms. The third-order valence-electron chi connectivity index (χ3n) is 3.26. The monoisotopic (exact) mass is 236 g/mol. The molecule has 4 heteroatoms. The van der Waals surface area contributed by atoms with Crippen LogP contribution in [0.15, 0.2) is 18.2 Å². The molecule has 0 radical (unpaired) electrons. The summed E-state index contributed by atoms with van der Waals surface area (Å²) in [5.74, 6) is -0.209. The number of Topliss-reactive ketones (excluding diaryl/α,β-unsaturated/α-hetero) is 1. The van der Waals surface area contributed by atoms with Crippen LogP contribution in [0.2, 0.25) is 0 Å². The third-order valence-corrected chi connectivity index (χ3v) is 3.26. The van der Waals surface area contributed by atoms with Crippen LogP contribution in [-0.2, 0) is 0 Å². The minimum Gasteiger partial charge on any atom is -0.313 e. The van der Waals surface area contributed by atoms with Crippen LogP contribution >= 0.6 is 0 Å². The maximum atomic E-state index is 13.1. The van der Waals surface area contributed by atoms with Gasteiger partial charge in [-0.05, 0) is 37.7 Å². The highest BCUT2D eigenvalue weighted by Crippen LogP contribution is 2.14. The number of halogens is 1. The van der Waals surface area contributed by atoms with Gasteiger partial charge in [0.1, 0.15) is 5.82 Å². The number of nitrogens with zero attached hydrogens (tertiary/aromatic N) is 1. The van der Waals surface area contributed by atoms with Crippen LogP contribution in [-0.4, -0.2) is 43.4 Å². The predicted octanol–water partition coefficient (Wildman–Crippen LogP) is 1.22. The van der Waals surface area contributed by atoms with Gasteiger partial charge in [-0.1, -0.05) is 0 Å². The molecule has 1 heterocycles. The van der Waals surface area contributed by atoms with Crippen LogP contribution < -0.4 is 5.32 Å². The van der Waals surface area contributed by atoms with E-state index in [1.54, 1.807) is 19.1 Å². The van der Waals surface area contributed by atoms with Gasteiger partial charge in [-0.2, -0.15) is 0 Å². The number of hydrogen-bond donors (Lipinski definition) is 1. The highest BCUT2D eigenvalue weighted by molar-refractivity contribution is 6.00. The second kappa shape index (κ2) is 4.94. The Balaban J connectivity index is 2.21. The summed E-state index contributed by atoms with van der Waals surface area (Å²) >= 11 is 0. The van der Waals surface area contributed by atoms with E-state index in [2.05, 4.69) is 5.32 Å². The largest absolute Gasteiger partial charge is 0.313 e. The first-order chi connectivity index (χ1) is 8.09. The zero-order chi connectivity index (χ0) is 12.4. The molecule has 1 aromatic carbocycles. The fourth-order valence-electron chi connectivity index (χ4n) is 2.09. The van der Waals surface area contributed by atoms with Crippen LogP contribution in [0, 0.1) is 12.7 Å². The van der Waals surface area contributed by atoms with E-state index >= 15 is 0 Å². The quantitative estimate of drug-likeness (QED) is 0.784. The third kappa shape index (κ3) is 2.53. The van der Waals surface area contributed by atoms with Crippen LogP contribution in [0.4, 0.5) is 4.39 Å². The SMILES string of the molecule is Cc1cc(C(=O)C2CNCCN2C)ccc1F. The number of ketones is 1. The number of hydrogen-bond acceptors (Lipinski definition) is 3.